The largest absolute Gasteiger partial charge is 0.353 e. The van der Waals surface area contributed by atoms with Crippen LogP contribution in [0.1, 0.15) is 31.2 Å². The van der Waals surface area contributed by atoms with Crippen LogP contribution < -0.4 is 15.5 Å². The monoisotopic (exact) mass is 449 g/mol. The van der Waals surface area contributed by atoms with Gasteiger partial charge in [0.2, 0.25) is 0 Å². The highest BCUT2D eigenvalue weighted by atomic mass is 32.1. The molecule has 1 saturated heterocycles. The molecule has 32 heavy (non-hydrogen) atoms. The minimum absolute atomic E-state index is 0.0755. The molecule has 1 aromatic heterocycles. The standard InChI is InChI=1S/C25H31N5OS/c31-25(26-20-8-2-3-9-20)27-22-11-5-1-7-19(22)13-14-29-15-17-30(18-16-29)24-21-10-4-6-12-23(21)32-28-24/h1,4-7,10-12,20H,2-3,8-9,13-18H2,(H2,26,27,31). The van der Waals surface area contributed by atoms with Gasteiger partial charge in [-0.2, -0.15) is 4.37 Å². The molecule has 1 saturated carbocycles. The summed E-state index contributed by atoms with van der Waals surface area (Å²) in [5.41, 5.74) is 2.12. The Balaban J connectivity index is 1.14. The number of piperazine rings is 1. The van der Waals surface area contributed by atoms with Gasteiger partial charge >= 0.3 is 6.03 Å². The van der Waals surface area contributed by atoms with E-state index in [1.165, 1.54) is 28.5 Å². The Morgan fingerprint density at radius 3 is 2.59 bits per heavy atom. The molecule has 2 amide bonds. The normalized spacial score (nSPS) is 17.7. The number of benzene rings is 2. The fourth-order valence-electron chi connectivity index (χ4n) is 4.84. The lowest BCUT2D eigenvalue weighted by Crippen LogP contribution is -2.47. The molecular formula is C25H31N5OS. The lowest BCUT2D eigenvalue weighted by atomic mass is 10.1. The van der Waals surface area contributed by atoms with Crippen LogP contribution in [0.25, 0.3) is 10.1 Å². The van der Waals surface area contributed by atoms with E-state index >= 15 is 0 Å². The van der Waals surface area contributed by atoms with Crippen molar-refractivity contribution >= 4 is 39.2 Å². The van der Waals surface area contributed by atoms with Crippen LogP contribution in [0.15, 0.2) is 48.5 Å². The average Bonchev–Trinajstić information content (AvgIpc) is 3.49. The van der Waals surface area contributed by atoms with Gasteiger partial charge in [-0.1, -0.05) is 43.2 Å². The molecule has 0 atom stereocenters. The van der Waals surface area contributed by atoms with Crippen molar-refractivity contribution in [2.75, 3.05) is 42.9 Å². The molecule has 2 N–H and O–H groups in total. The topological polar surface area (TPSA) is 60.5 Å². The number of rotatable bonds is 6. The van der Waals surface area contributed by atoms with E-state index in [0.29, 0.717) is 6.04 Å². The Hall–Kier alpha value is -2.64. The number of hydrogen-bond acceptors (Lipinski definition) is 5. The number of amides is 2. The Morgan fingerprint density at radius 1 is 1.00 bits per heavy atom. The summed E-state index contributed by atoms with van der Waals surface area (Å²) in [4.78, 5) is 17.4. The molecule has 2 aliphatic rings. The summed E-state index contributed by atoms with van der Waals surface area (Å²) in [5, 5.41) is 7.47. The van der Waals surface area contributed by atoms with E-state index in [1.807, 2.05) is 12.1 Å². The molecule has 1 aliphatic heterocycles. The maximum atomic E-state index is 12.4. The molecule has 0 bridgehead atoms. The van der Waals surface area contributed by atoms with Crippen LogP contribution in [0.3, 0.4) is 0 Å². The molecule has 2 fully saturated rings. The number of anilines is 2. The first-order valence-electron chi connectivity index (χ1n) is 11.7. The van der Waals surface area contributed by atoms with E-state index < -0.39 is 0 Å². The summed E-state index contributed by atoms with van der Waals surface area (Å²) in [6, 6.07) is 16.9. The highest BCUT2D eigenvalue weighted by Crippen LogP contribution is 2.30. The molecule has 2 heterocycles. The summed E-state index contributed by atoms with van der Waals surface area (Å²) in [6.07, 6.45) is 5.55. The lowest BCUT2D eigenvalue weighted by Gasteiger charge is -2.35. The lowest BCUT2D eigenvalue weighted by molar-refractivity contribution is 0.248. The van der Waals surface area contributed by atoms with Crippen LogP contribution in [-0.2, 0) is 6.42 Å². The van der Waals surface area contributed by atoms with Crippen molar-refractivity contribution in [3.05, 3.63) is 54.1 Å². The number of carbonyl (C=O) groups excluding carboxylic acids is 1. The minimum atomic E-state index is -0.0755. The number of fused-ring (bicyclic) bond motifs is 1. The van der Waals surface area contributed by atoms with Gasteiger partial charge in [0.05, 0.1) is 4.70 Å². The van der Waals surface area contributed by atoms with E-state index in [-0.39, 0.29) is 6.03 Å². The molecular weight excluding hydrogens is 418 g/mol. The van der Waals surface area contributed by atoms with Crippen molar-refractivity contribution in [3.63, 3.8) is 0 Å². The van der Waals surface area contributed by atoms with E-state index in [0.717, 1.165) is 63.5 Å². The summed E-state index contributed by atoms with van der Waals surface area (Å²) >= 11 is 1.59. The van der Waals surface area contributed by atoms with E-state index in [1.54, 1.807) is 11.5 Å². The predicted molar refractivity (Wildman–Crippen MR) is 133 cm³/mol. The van der Waals surface area contributed by atoms with Gasteiger partial charge < -0.3 is 15.5 Å². The second-order valence-corrected chi connectivity index (χ2v) is 9.62. The van der Waals surface area contributed by atoms with Crippen LogP contribution in [0, 0.1) is 0 Å². The van der Waals surface area contributed by atoms with E-state index in [2.05, 4.69) is 56.8 Å². The second kappa shape index (κ2) is 9.88. The molecule has 168 valence electrons. The first-order valence-corrected chi connectivity index (χ1v) is 12.5. The number of aromatic nitrogens is 1. The van der Waals surface area contributed by atoms with Crippen LogP contribution in [0.2, 0.25) is 0 Å². The first kappa shape index (κ1) is 21.2. The summed E-state index contributed by atoms with van der Waals surface area (Å²) in [6.45, 7) is 5.05. The van der Waals surface area contributed by atoms with Crippen molar-refractivity contribution in [2.24, 2.45) is 0 Å². The number of nitrogens with one attached hydrogen (secondary N) is 2. The SMILES string of the molecule is O=C(Nc1ccccc1CCN1CCN(c2nsc3ccccc23)CC1)NC1CCCC1. The molecule has 0 unspecified atom stereocenters. The number of carbonyl (C=O) groups is 1. The molecule has 6 nitrogen and oxygen atoms in total. The minimum Gasteiger partial charge on any atom is -0.353 e. The predicted octanol–water partition coefficient (Wildman–Crippen LogP) is 4.73. The maximum absolute atomic E-state index is 12.4. The van der Waals surface area contributed by atoms with Gasteiger partial charge in [0.25, 0.3) is 0 Å². The summed E-state index contributed by atoms with van der Waals surface area (Å²) in [7, 11) is 0. The molecule has 0 spiro atoms. The molecule has 3 aromatic rings. The maximum Gasteiger partial charge on any atom is 0.319 e. The Kier molecular flexibility index (Phi) is 6.55. The smallest absolute Gasteiger partial charge is 0.319 e. The zero-order chi connectivity index (χ0) is 21.8. The molecule has 0 radical (unpaired) electrons. The second-order valence-electron chi connectivity index (χ2n) is 8.82. The summed E-state index contributed by atoms with van der Waals surface area (Å²) < 4.78 is 5.97. The Morgan fingerprint density at radius 2 is 1.75 bits per heavy atom. The number of nitrogens with zero attached hydrogens (tertiary/aromatic N) is 3. The molecule has 7 heteroatoms. The molecule has 1 aliphatic carbocycles. The van der Waals surface area contributed by atoms with Gasteiger partial charge in [-0.25, -0.2) is 4.79 Å². The van der Waals surface area contributed by atoms with Crippen molar-refractivity contribution in [3.8, 4) is 0 Å². The van der Waals surface area contributed by atoms with E-state index in [9.17, 15) is 4.79 Å². The van der Waals surface area contributed by atoms with Gasteiger partial charge in [0, 0.05) is 49.8 Å². The fourth-order valence-corrected chi connectivity index (χ4v) is 5.63. The molecule has 2 aromatic carbocycles. The third kappa shape index (κ3) is 4.89. The third-order valence-corrected chi connectivity index (χ3v) is 7.50. The number of urea groups is 1. The fraction of sp³-hybridized carbons (Fsp3) is 0.440. The van der Waals surface area contributed by atoms with Crippen molar-refractivity contribution in [1.82, 2.24) is 14.6 Å². The van der Waals surface area contributed by atoms with Gasteiger partial charge in [-0.3, -0.25) is 4.90 Å². The van der Waals surface area contributed by atoms with Crippen LogP contribution in [0.5, 0.6) is 0 Å². The van der Waals surface area contributed by atoms with Crippen molar-refractivity contribution in [1.29, 1.82) is 0 Å². The van der Waals surface area contributed by atoms with Gasteiger partial charge in [-0.05, 0) is 54.6 Å². The Bertz CT molecular complexity index is 1050. The van der Waals surface area contributed by atoms with Gasteiger partial charge in [0.15, 0.2) is 0 Å². The van der Waals surface area contributed by atoms with Crippen LogP contribution in [-0.4, -0.2) is 54.1 Å². The third-order valence-electron chi connectivity index (χ3n) is 6.68. The molecule has 5 rings (SSSR count). The zero-order valence-electron chi connectivity index (χ0n) is 18.4. The summed E-state index contributed by atoms with van der Waals surface area (Å²) in [5.74, 6) is 1.13. The van der Waals surface area contributed by atoms with Gasteiger partial charge in [-0.15, -0.1) is 0 Å². The number of para-hydroxylation sites is 1. The van der Waals surface area contributed by atoms with Gasteiger partial charge in [0.1, 0.15) is 5.82 Å². The zero-order valence-corrected chi connectivity index (χ0v) is 19.2. The van der Waals surface area contributed by atoms with E-state index in [4.69, 9.17) is 4.37 Å². The average molecular weight is 450 g/mol. The van der Waals surface area contributed by atoms with Crippen LogP contribution in [0.4, 0.5) is 16.3 Å². The van der Waals surface area contributed by atoms with Crippen molar-refractivity contribution in [2.45, 2.75) is 38.1 Å². The highest BCUT2D eigenvalue weighted by molar-refractivity contribution is 7.13. The highest BCUT2D eigenvalue weighted by Gasteiger charge is 2.21. The van der Waals surface area contributed by atoms with Crippen molar-refractivity contribution < 1.29 is 4.79 Å². The van der Waals surface area contributed by atoms with Crippen LogP contribution >= 0.6 is 11.5 Å². The first-order chi connectivity index (χ1) is 15.8. The number of hydrogen-bond donors (Lipinski definition) is 2. The quantitative estimate of drug-likeness (QED) is 0.571. The Labute approximate surface area is 193 Å².